The number of rotatable bonds is 64. The molecule has 0 aliphatic carbocycles. The third kappa shape index (κ3) is 40.2. The van der Waals surface area contributed by atoms with E-state index in [4.69, 9.17) is 28.4 Å². The van der Waals surface area contributed by atoms with Crippen molar-refractivity contribution in [3.63, 3.8) is 0 Å². The molecule has 3 saturated heterocycles. The van der Waals surface area contributed by atoms with Gasteiger partial charge in [0.1, 0.15) is 73.2 Å². The Bertz CT molecular complexity index is 1850. The number of carbonyl (C=O) groups is 1. The predicted octanol–water partition coefficient (Wildman–Crippen LogP) is 13.0. The van der Waals surface area contributed by atoms with Gasteiger partial charge in [-0.25, -0.2) is 0 Å². The number of hydrogen-bond acceptors (Lipinski definition) is 18. The number of aliphatic hydroxyl groups excluding tert-OH is 11. The van der Waals surface area contributed by atoms with Crippen molar-refractivity contribution in [2.75, 3.05) is 26.4 Å². The molecule has 3 aliphatic heterocycles. The van der Waals surface area contributed by atoms with Crippen molar-refractivity contribution < 1.29 is 89.4 Å². The first-order valence-corrected chi connectivity index (χ1v) is 40.1. The van der Waals surface area contributed by atoms with E-state index in [0.29, 0.717) is 12.8 Å². The predicted molar refractivity (Wildman–Crippen MR) is 383 cm³/mol. The summed E-state index contributed by atoms with van der Waals surface area (Å²) in [4.78, 5) is 13.5. The normalized spacial score (nSPS) is 27.0. The molecule has 3 heterocycles. The van der Waals surface area contributed by atoms with Crippen LogP contribution in [-0.4, -0.2) is 193 Å². The summed E-state index contributed by atoms with van der Waals surface area (Å²) in [5.74, 6) is -0.236. The standard InChI is InChI=1S/C78H147NO18/c1-3-5-7-9-11-13-15-17-19-21-22-23-24-25-26-27-28-29-30-31-32-33-34-35-36-37-38-40-42-44-46-48-50-52-54-56-66(84)79-61(62(83)55-53-51-49-47-45-43-41-39-20-18-16-14-12-10-8-6-4-2)60-92-76-72(90)69(87)74(64(58-81)94-76)97-78-73(91)70(88)75(65(59-82)95-78)96-77-71(89)68(86)67(85)63(57-80)93-77/h15,17,21-22,61-65,67-78,80-83,85-91H,3-14,16,18-20,23-60H2,1-2H3,(H,79,84)/b17-15-,22-21-. The number of ether oxygens (including phenoxy) is 6. The van der Waals surface area contributed by atoms with E-state index in [1.54, 1.807) is 0 Å². The van der Waals surface area contributed by atoms with Crippen LogP contribution < -0.4 is 5.32 Å². The third-order valence-electron chi connectivity index (χ3n) is 20.3. The van der Waals surface area contributed by atoms with Crippen molar-refractivity contribution in [2.45, 2.75) is 439 Å². The SMILES string of the molecule is CCCCCCC/C=C\C/C=C\CCCCCCCCCCCCCCCCCCCCCCCCCC(=O)NC(COC1OC(CO)C(OC2OC(CO)C(OC3OC(CO)C(O)C(O)C3O)C(O)C2O)C(O)C1O)C(O)CCCCCCCCCCCCCCCCCCC. The fraction of sp³-hybridized carbons (Fsp3) is 0.936. The molecule has 572 valence electrons. The van der Waals surface area contributed by atoms with Gasteiger partial charge in [-0.1, -0.05) is 308 Å². The van der Waals surface area contributed by atoms with Gasteiger partial charge < -0.3 is 89.9 Å². The van der Waals surface area contributed by atoms with Crippen molar-refractivity contribution in [1.29, 1.82) is 0 Å². The zero-order chi connectivity index (χ0) is 70.4. The number of carbonyl (C=O) groups excluding carboxylic acids is 1. The molecule has 0 saturated carbocycles. The number of amides is 1. The molecule has 17 unspecified atom stereocenters. The van der Waals surface area contributed by atoms with Crippen molar-refractivity contribution in [1.82, 2.24) is 5.32 Å². The Kier molecular flexibility index (Phi) is 55.0. The van der Waals surface area contributed by atoms with Gasteiger partial charge >= 0.3 is 0 Å². The minimum absolute atomic E-state index is 0.236. The van der Waals surface area contributed by atoms with E-state index in [1.807, 2.05) is 0 Å². The van der Waals surface area contributed by atoms with Crippen LogP contribution >= 0.6 is 0 Å². The minimum Gasteiger partial charge on any atom is -0.394 e. The molecule has 19 heteroatoms. The zero-order valence-corrected chi connectivity index (χ0v) is 61.1. The van der Waals surface area contributed by atoms with Gasteiger partial charge in [-0.3, -0.25) is 4.79 Å². The minimum atomic E-state index is -1.97. The van der Waals surface area contributed by atoms with E-state index in [9.17, 15) is 61.0 Å². The van der Waals surface area contributed by atoms with Crippen molar-refractivity contribution in [3.8, 4) is 0 Å². The highest BCUT2D eigenvalue weighted by Crippen LogP contribution is 2.33. The van der Waals surface area contributed by atoms with Crippen LogP contribution in [0.1, 0.15) is 335 Å². The van der Waals surface area contributed by atoms with Crippen LogP contribution in [0.5, 0.6) is 0 Å². The first-order chi connectivity index (χ1) is 47.3. The third-order valence-corrected chi connectivity index (χ3v) is 20.3. The molecule has 0 aromatic heterocycles. The lowest BCUT2D eigenvalue weighted by Crippen LogP contribution is -2.66. The summed E-state index contributed by atoms with van der Waals surface area (Å²) in [5.41, 5.74) is 0. The van der Waals surface area contributed by atoms with Crippen molar-refractivity contribution >= 4 is 5.91 Å². The second-order valence-electron chi connectivity index (χ2n) is 28.9. The van der Waals surface area contributed by atoms with E-state index >= 15 is 0 Å². The molecule has 97 heavy (non-hydrogen) atoms. The molecule has 12 N–H and O–H groups in total. The van der Waals surface area contributed by atoms with Crippen LogP contribution in [0.3, 0.4) is 0 Å². The van der Waals surface area contributed by atoms with Crippen LogP contribution in [-0.2, 0) is 33.2 Å². The number of nitrogens with one attached hydrogen (secondary N) is 1. The lowest BCUT2D eigenvalue weighted by molar-refractivity contribution is -0.379. The molecule has 1 amide bonds. The van der Waals surface area contributed by atoms with Gasteiger partial charge in [0.2, 0.25) is 5.91 Å². The highest BCUT2D eigenvalue weighted by molar-refractivity contribution is 5.76. The molecule has 3 fully saturated rings. The van der Waals surface area contributed by atoms with Gasteiger partial charge in [0.05, 0.1) is 38.6 Å². The van der Waals surface area contributed by atoms with E-state index < -0.39 is 124 Å². The number of allylic oxidation sites excluding steroid dienone is 4. The monoisotopic (exact) mass is 1390 g/mol. The van der Waals surface area contributed by atoms with Crippen molar-refractivity contribution in [2.24, 2.45) is 0 Å². The van der Waals surface area contributed by atoms with E-state index in [0.717, 1.165) is 51.4 Å². The summed E-state index contributed by atoms with van der Waals surface area (Å²) in [5, 5.41) is 121. The quantitative estimate of drug-likeness (QED) is 0.0199. The molecule has 0 aromatic rings. The summed E-state index contributed by atoms with van der Waals surface area (Å²) < 4.78 is 34.5. The van der Waals surface area contributed by atoms with Crippen LogP contribution in [0.4, 0.5) is 0 Å². The van der Waals surface area contributed by atoms with E-state index in [2.05, 4.69) is 43.5 Å². The highest BCUT2D eigenvalue weighted by Gasteiger charge is 2.54. The zero-order valence-electron chi connectivity index (χ0n) is 61.1. The van der Waals surface area contributed by atoms with Gasteiger partial charge in [-0.15, -0.1) is 0 Å². The van der Waals surface area contributed by atoms with Crippen LogP contribution in [0.2, 0.25) is 0 Å². The molecule has 19 nitrogen and oxygen atoms in total. The fourth-order valence-electron chi connectivity index (χ4n) is 13.8. The maximum atomic E-state index is 13.5. The molecular formula is C78H147NO18. The van der Waals surface area contributed by atoms with Crippen LogP contribution in [0.15, 0.2) is 24.3 Å². The number of unbranched alkanes of at least 4 members (excludes halogenated alkanes) is 44. The summed E-state index contributed by atoms with van der Waals surface area (Å²) in [6, 6.07) is -0.885. The Labute approximate surface area is 588 Å². The Balaban J connectivity index is 1.32. The summed E-state index contributed by atoms with van der Waals surface area (Å²) >= 11 is 0. The molecule has 0 aromatic carbocycles. The molecule has 0 radical (unpaired) electrons. The smallest absolute Gasteiger partial charge is 0.220 e. The fourth-order valence-corrected chi connectivity index (χ4v) is 13.8. The van der Waals surface area contributed by atoms with Crippen LogP contribution in [0.25, 0.3) is 0 Å². The second kappa shape index (κ2) is 59.6. The Hall–Kier alpha value is -1.73. The van der Waals surface area contributed by atoms with Gasteiger partial charge in [0.15, 0.2) is 18.9 Å². The van der Waals surface area contributed by atoms with Gasteiger partial charge in [-0.2, -0.15) is 0 Å². The van der Waals surface area contributed by atoms with E-state index in [1.165, 1.54) is 250 Å². The van der Waals surface area contributed by atoms with Gasteiger partial charge in [-0.05, 0) is 44.9 Å². The summed E-state index contributed by atoms with van der Waals surface area (Å²) in [6.45, 7) is 1.84. The first-order valence-electron chi connectivity index (χ1n) is 40.1. The molecule has 0 spiro atoms. The Morgan fingerprint density at radius 2 is 0.680 bits per heavy atom. The average molecular weight is 1390 g/mol. The Morgan fingerprint density at radius 3 is 1.05 bits per heavy atom. The van der Waals surface area contributed by atoms with Gasteiger partial charge in [0, 0.05) is 6.42 Å². The highest BCUT2D eigenvalue weighted by atomic mass is 16.8. The average Bonchev–Trinajstić information content (AvgIpc) is 0.792. The Morgan fingerprint density at radius 1 is 0.371 bits per heavy atom. The molecule has 3 aliphatic rings. The number of hydrogen-bond donors (Lipinski definition) is 12. The molecule has 3 rings (SSSR count). The number of aliphatic hydroxyl groups is 11. The summed E-state index contributed by atoms with van der Waals surface area (Å²) in [7, 11) is 0. The lowest BCUT2D eigenvalue weighted by Gasteiger charge is -2.48. The van der Waals surface area contributed by atoms with Crippen LogP contribution in [0, 0.1) is 0 Å². The lowest BCUT2D eigenvalue weighted by atomic mass is 9.96. The van der Waals surface area contributed by atoms with Gasteiger partial charge in [0.25, 0.3) is 0 Å². The molecule has 17 atom stereocenters. The topological polar surface area (TPSA) is 307 Å². The first kappa shape index (κ1) is 89.5. The maximum absolute atomic E-state index is 13.5. The molecule has 0 bridgehead atoms. The maximum Gasteiger partial charge on any atom is 0.220 e. The second-order valence-corrected chi connectivity index (χ2v) is 28.9. The largest absolute Gasteiger partial charge is 0.394 e. The van der Waals surface area contributed by atoms with Crippen molar-refractivity contribution in [3.05, 3.63) is 24.3 Å². The van der Waals surface area contributed by atoms with E-state index in [-0.39, 0.29) is 18.9 Å². The molecular weight excluding hydrogens is 1240 g/mol. The summed E-state index contributed by atoms with van der Waals surface area (Å²) in [6.07, 6.45) is 44.2.